The number of aromatic nitrogens is 2. The van der Waals surface area contributed by atoms with Gasteiger partial charge in [-0.1, -0.05) is 12.1 Å². The number of rotatable bonds is 13. The molecule has 0 atom stereocenters. The van der Waals surface area contributed by atoms with E-state index in [4.69, 9.17) is 23.2 Å². The Labute approximate surface area is 198 Å². The molecule has 0 spiro atoms. The van der Waals surface area contributed by atoms with E-state index in [1.807, 2.05) is 6.07 Å². The Kier molecular flexibility index (Phi) is 10.8. The third-order valence-corrected chi connectivity index (χ3v) is 4.48. The lowest BCUT2D eigenvalue weighted by Crippen LogP contribution is -2.35. The number of nitrogens with two attached hydrogens (primary N) is 4. The molecule has 12 heteroatoms. The molecular formula is C22H32N10O2. The van der Waals surface area contributed by atoms with Crippen LogP contribution >= 0.6 is 0 Å². The lowest BCUT2D eigenvalue weighted by molar-refractivity contribution is -0.120. The number of unbranched alkanes of at least 4 members (excludes halogenated alkanes) is 1. The number of hydrazine groups is 2. The van der Waals surface area contributed by atoms with E-state index >= 15 is 0 Å². The van der Waals surface area contributed by atoms with Gasteiger partial charge in [-0.15, -0.1) is 0 Å². The van der Waals surface area contributed by atoms with Gasteiger partial charge in [-0.2, -0.15) is 0 Å². The number of hydrogen-bond donors (Lipinski definition) is 6. The van der Waals surface area contributed by atoms with Gasteiger partial charge in [0.15, 0.2) is 0 Å². The van der Waals surface area contributed by atoms with Gasteiger partial charge in [0.05, 0.1) is 24.9 Å². The number of nitrogens with one attached hydrogen (secondary N) is 2. The summed E-state index contributed by atoms with van der Waals surface area (Å²) in [4.78, 5) is 32.2. The van der Waals surface area contributed by atoms with E-state index in [2.05, 4.69) is 20.6 Å². The maximum Gasteiger partial charge on any atom is 0.269 e. The van der Waals surface area contributed by atoms with Crippen molar-refractivity contribution < 1.29 is 9.59 Å². The molecule has 0 unspecified atom stereocenters. The summed E-state index contributed by atoms with van der Waals surface area (Å²) in [5.74, 6) is 11.2. The minimum atomic E-state index is -0.430. The molecule has 0 aliphatic carbocycles. The Hall–Kier alpha value is -4.16. The first-order valence-corrected chi connectivity index (χ1v) is 10.7. The fourth-order valence-corrected chi connectivity index (χ4v) is 2.83. The van der Waals surface area contributed by atoms with E-state index in [9.17, 15) is 9.59 Å². The Morgan fingerprint density at radius 1 is 0.971 bits per heavy atom. The van der Waals surface area contributed by atoms with Crippen molar-refractivity contribution >= 4 is 11.8 Å². The Balaban J connectivity index is 1.64. The second-order valence-corrected chi connectivity index (χ2v) is 7.44. The van der Waals surface area contributed by atoms with E-state index in [0.29, 0.717) is 25.9 Å². The highest BCUT2D eigenvalue weighted by Crippen LogP contribution is 1.99. The van der Waals surface area contributed by atoms with Crippen LogP contribution in [-0.2, 0) is 22.6 Å². The fourth-order valence-electron chi connectivity index (χ4n) is 2.83. The smallest absolute Gasteiger partial charge is 0.269 e. The molecule has 34 heavy (non-hydrogen) atoms. The van der Waals surface area contributed by atoms with Crippen LogP contribution in [-0.4, -0.2) is 44.9 Å². The van der Waals surface area contributed by atoms with E-state index in [1.165, 1.54) is 22.4 Å². The van der Waals surface area contributed by atoms with Gasteiger partial charge < -0.3 is 32.1 Å². The monoisotopic (exact) mass is 468 g/mol. The highest BCUT2D eigenvalue weighted by molar-refractivity contribution is 5.92. The van der Waals surface area contributed by atoms with Crippen molar-refractivity contribution in [1.29, 1.82) is 0 Å². The first-order valence-electron chi connectivity index (χ1n) is 10.7. The standard InChI is InChI=1S/C22H32N10O2/c23-19(22(34)29-14-18-7-1-2-9-28-18)15-31(25)10-3-4-11-32(26)16-20(24)30-21(33)12-17-6-5-8-27-13-17/h1-2,5-9,13,15-16H,3-4,10-12,14,23-26H2,(H,29,34)(H,30,33)/b19-15-,20-16+. The van der Waals surface area contributed by atoms with Crippen LogP contribution in [0.4, 0.5) is 0 Å². The van der Waals surface area contributed by atoms with Gasteiger partial charge in [0.1, 0.15) is 11.5 Å². The molecule has 0 aromatic carbocycles. The Bertz CT molecular complexity index is 966. The zero-order chi connectivity index (χ0) is 24.8. The van der Waals surface area contributed by atoms with Gasteiger partial charge >= 0.3 is 0 Å². The van der Waals surface area contributed by atoms with Crippen molar-refractivity contribution in [2.45, 2.75) is 25.8 Å². The van der Waals surface area contributed by atoms with Crippen LogP contribution in [0.5, 0.6) is 0 Å². The van der Waals surface area contributed by atoms with Gasteiger partial charge in [0.2, 0.25) is 5.91 Å². The van der Waals surface area contributed by atoms with Gasteiger partial charge in [-0.25, -0.2) is 11.7 Å². The largest absolute Gasteiger partial charge is 0.393 e. The molecule has 0 saturated heterocycles. The van der Waals surface area contributed by atoms with Gasteiger partial charge in [-0.05, 0) is 36.6 Å². The van der Waals surface area contributed by atoms with Crippen LogP contribution in [0.25, 0.3) is 0 Å². The first kappa shape index (κ1) is 26.1. The van der Waals surface area contributed by atoms with Crippen LogP contribution in [0.3, 0.4) is 0 Å². The Morgan fingerprint density at radius 2 is 1.71 bits per heavy atom. The number of hydrogen-bond acceptors (Lipinski definition) is 10. The molecule has 0 aliphatic rings. The topological polar surface area (TPSA) is 195 Å². The molecule has 182 valence electrons. The van der Waals surface area contributed by atoms with Crippen molar-refractivity contribution in [3.8, 4) is 0 Å². The van der Waals surface area contributed by atoms with Crippen molar-refractivity contribution in [1.82, 2.24) is 30.6 Å². The zero-order valence-electron chi connectivity index (χ0n) is 18.9. The quantitative estimate of drug-likeness (QED) is 0.0931. The molecule has 0 bridgehead atoms. The second-order valence-electron chi connectivity index (χ2n) is 7.44. The molecule has 0 saturated carbocycles. The van der Waals surface area contributed by atoms with E-state index in [1.54, 1.807) is 42.9 Å². The van der Waals surface area contributed by atoms with Crippen molar-refractivity contribution in [3.05, 3.63) is 84.1 Å². The summed E-state index contributed by atoms with van der Waals surface area (Å²) >= 11 is 0. The maximum atomic E-state index is 12.1. The molecule has 2 amide bonds. The average Bonchev–Trinajstić information content (AvgIpc) is 2.81. The molecular weight excluding hydrogens is 436 g/mol. The highest BCUT2D eigenvalue weighted by atomic mass is 16.2. The molecule has 12 nitrogen and oxygen atoms in total. The predicted molar refractivity (Wildman–Crippen MR) is 128 cm³/mol. The summed E-state index contributed by atoms with van der Waals surface area (Å²) in [6.45, 7) is 1.21. The summed E-state index contributed by atoms with van der Waals surface area (Å²) in [7, 11) is 0. The molecule has 2 aromatic rings. The molecule has 2 heterocycles. The number of nitrogens with zero attached hydrogens (tertiary/aromatic N) is 4. The molecule has 0 radical (unpaired) electrons. The van der Waals surface area contributed by atoms with Crippen LogP contribution in [0.15, 0.2) is 72.8 Å². The minimum absolute atomic E-state index is 0.00313. The third kappa shape index (κ3) is 10.4. The Morgan fingerprint density at radius 3 is 2.35 bits per heavy atom. The summed E-state index contributed by atoms with van der Waals surface area (Å²) in [6.07, 6.45) is 9.27. The lowest BCUT2D eigenvalue weighted by atomic mass is 10.2. The molecule has 10 N–H and O–H groups in total. The normalized spacial score (nSPS) is 11.6. The van der Waals surface area contributed by atoms with Gasteiger partial charge in [0, 0.05) is 37.9 Å². The molecule has 2 aromatic heterocycles. The predicted octanol–water partition coefficient (Wildman–Crippen LogP) is -0.859. The first-order chi connectivity index (χ1) is 16.3. The maximum absolute atomic E-state index is 12.1. The number of pyridine rings is 2. The summed E-state index contributed by atoms with van der Waals surface area (Å²) in [6, 6.07) is 9.00. The van der Waals surface area contributed by atoms with Crippen LogP contribution in [0, 0.1) is 0 Å². The minimum Gasteiger partial charge on any atom is -0.393 e. The van der Waals surface area contributed by atoms with Gasteiger partial charge in [-0.3, -0.25) is 19.6 Å². The third-order valence-electron chi connectivity index (χ3n) is 4.48. The highest BCUT2D eigenvalue weighted by Gasteiger charge is 2.08. The van der Waals surface area contributed by atoms with Crippen molar-refractivity contribution in [2.75, 3.05) is 13.1 Å². The van der Waals surface area contributed by atoms with E-state index < -0.39 is 5.91 Å². The number of carbonyl (C=O) groups is 2. The van der Waals surface area contributed by atoms with Crippen LogP contribution in [0.2, 0.25) is 0 Å². The fraction of sp³-hybridized carbons (Fsp3) is 0.273. The van der Waals surface area contributed by atoms with Crippen LogP contribution < -0.4 is 33.8 Å². The van der Waals surface area contributed by atoms with E-state index in [-0.39, 0.29) is 30.4 Å². The van der Waals surface area contributed by atoms with E-state index in [0.717, 1.165) is 11.3 Å². The molecule has 0 aliphatic heterocycles. The summed E-state index contributed by atoms with van der Waals surface area (Å²) in [5.41, 5.74) is 13.1. The number of amides is 2. The zero-order valence-corrected chi connectivity index (χ0v) is 18.9. The SMILES string of the molecule is N/C(=C\N(N)CCCCN(N)/C=C(\N)NC(=O)Cc1cccnc1)C(=O)NCc1ccccn1. The van der Waals surface area contributed by atoms with Crippen LogP contribution in [0.1, 0.15) is 24.1 Å². The summed E-state index contributed by atoms with van der Waals surface area (Å²) < 4.78 is 0. The second kappa shape index (κ2) is 14.1. The van der Waals surface area contributed by atoms with Crippen molar-refractivity contribution in [3.63, 3.8) is 0 Å². The van der Waals surface area contributed by atoms with Crippen molar-refractivity contribution in [2.24, 2.45) is 23.2 Å². The van der Waals surface area contributed by atoms with Gasteiger partial charge in [0.25, 0.3) is 5.91 Å². The summed E-state index contributed by atoms with van der Waals surface area (Å²) in [5, 5.41) is 7.99. The number of carbonyl (C=O) groups excluding carboxylic acids is 2. The molecule has 0 fully saturated rings. The molecule has 2 rings (SSSR count). The lowest BCUT2D eigenvalue weighted by Gasteiger charge is -2.17. The average molecular weight is 469 g/mol.